The second-order valence-electron chi connectivity index (χ2n) is 4.88. The van der Waals surface area contributed by atoms with Gasteiger partial charge in [-0.3, -0.25) is 0 Å². The lowest BCUT2D eigenvalue weighted by Gasteiger charge is -2.29. The van der Waals surface area contributed by atoms with Crippen LogP contribution >= 0.6 is 12.2 Å². The molecule has 2 unspecified atom stereocenters. The van der Waals surface area contributed by atoms with Crippen molar-refractivity contribution in [2.45, 2.75) is 37.8 Å². The lowest BCUT2D eigenvalue weighted by atomic mass is 9.92. The summed E-state index contributed by atoms with van der Waals surface area (Å²) >= 11 is 5.30. The molecule has 1 saturated carbocycles. The van der Waals surface area contributed by atoms with E-state index in [2.05, 4.69) is 4.98 Å². The molecule has 3 rings (SSSR count). The van der Waals surface area contributed by atoms with Crippen molar-refractivity contribution in [3.8, 4) is 0 Å². The maximum atomic E-state index is 13.4. The first-order chi connectivity index (χ1) is 8.66. The van der Waals surface area contributed by atoms with E-state index >= 15 is 0 Å². The fraction of sp³-hybridized carbons (Fsp3) is 0.462. The van der Waals surface area contributed by atoms with Gasteiger partial charge >= 0.3 is 0 Å². The van der Waals surface area contributed by atoms with Gasteiger partial charge in [-0.25, -0.2) is 4.39 Å². The van der Waals surface area contributed by atoms with Crippen LogP contribution < -0.4 is 0 Å². The van der Waals surface area contributed by atoms with Crippen molar-refractivity contribution in [2.24, 2.45) is 0 Å². The first-order valence-electron chi connectivity index (χ1n) is 6.24. The fourth-order valence-electron chi connectivity index (χ4n) is 2.82. The largest absolute Gasteiger partial charge is 0.391 e. The van der Waals surface area contributed by atoms with Crippen molar-refractivity contribution in [2.75, 3.05) is 0 Å². The summed E-state index contributed by atoms with van der Waals surface area (Å²) in [6.45, 7) is 0. The summed E-state index contributed by atoms with van der Waals surface area (Å²) in [5, 5.41) is 10.1. The van der Waals surface area contributed by atoms with E-state index in [1.54, 1.807) is 6.07 Å². The predicted octanol–water partition coefficient (Wildman–Crippen LogP) is 3.31. The zero-order chi connectivity index (χ0) is 12.7. The minimum atomic E-state index is -0.396. The Balaban J connectivity index is 2.18. The van der Waals surface area contributed by atoms with Gasteiger partial charge in [-0.15, -0.1) is 0 Å². The van der Waals surface area contributed by atoms with E-state index in [0.29, 0.717) is 4.77 Å². The molecule has 0 amide bonds. The lowest BCUT2D eigenvalue weighted by molar-refractivity contribution is 0.0767. The van der Waals surface area contributed by atoms with E-state index in [4.69, 9.17) is 12.2 Å². The molecule has 1 aromatic heterocycles. The smallest absolute Gasteiger partial charge is 0.178 e. The number of aliphatic hydroxyl groups excluding tert-OH is 1. The van der Waals surface area contributed by atoms with Gasteiger partial charge in [-0.2, -0.15) is 0 Å². The molecule has 3 nitrogen and oxygen atoms in total. The molecule has 0 spiro atoms. The Bertz CT molecular complexity index is 633. The average Bonchev–Trinajstić information content (AvgIpc) is 2.66. The molecule has 0 bridgehead atoms. The van der Waals surface area contributed by atoms with Gasteiger partial charge in [0.1, 0.15) is 5.82 Å². The third kappa shape index (κ3) is 1.87. The van der Waals surface area contributed by atoms with Crippen LogP contribution in [0.5, 0.6) is 0 Å². The van der Waals surface area contributed by atoms with Crippen molar-refractivity contribution in [1.29, 1.82) is 0 Å². The third-order valence-corrected chi connectivity index (χ3v) is 4.00. The molecule has 1 aliphatic rings. The highest BCUT2D eigenvalue weighted by Gasteiger charge is 2.26. The van der Waals surface area contributed by atoms with Crippen LogP contribution in [0.3, 0.4) is 0 Å². The minimum absolute atomic E-state index is 0.0400. The number of aromatic amines is 1. The monoisotopic (exact) mass is 266 g/mol. The summed E-state index contributed by atoms with van der Waals surface area (Å²) in [5.74, 6) is -0.282. The van der Waals surface area contributed by atoms with Gasteiger partial charge in [0, 0.05) is 0 Å². The van der Waals surface area contributed by atoms with Gasteiger partial charge in [0.15, 0.2) is 4.77 Å². The van der Waals surface area contributed by atoms with Gasteiger partial charge in [-0.05, 0) is 43.3 Å². The maximum absolute atomic E-state index is 13.4. The molecule has 5 heteroatoms. The number of fused-ring (bicyclic) bond motifs is 1. The van der Waals surface area contributed by atoms with Crippen molar-refractivity contribution in [1.82, 2.24) is 9.55 Å². The number of halogens is 1. The van der Waals surface area contributed by atoms with Crippen LogP contribution in [-0.2, 0) is 0 Å². The first kappa shape index (κ1) is 11.9. The molecule has 0 aliphatic heterocycles. The summed E-state index contributed by atoms with van der Waals surface area (Å²) in [4.78, 5) is 3.07. The van der Waals surface area contributed by atoms with Crippen LogP contribution in [0.15, 0.2) is 18.2 Å². The summed E-state index contributed by atoms with van der Waals surface area (Å²) in [6, 6.07) is 4.53. The van der Waals surface area contributed by atoms with Gasteiger partial charge < -0.3 is 14.7 Å². The number of rotatable bonds is 1. The number of benzene rings is 1. The standard InChI is InChI=1S/C13H15FN2OS/c14-8-5-6-9-11(7-8)16(13(18)15-9)10-3-1-2-4-12(10)17/h5-7,10,12,17H,1-4H2,(H,15,18). The second kappa shape index (κ2) is 4.48. The van der Waals surface area contributed by atoms with Gasteiger partial charge in [-0.1, -0.05) is 12.8 Å². The zero-order valence-corrected chi connectivity index (χ0v) is 10.7. The second-order valence-corrected chi connectivity index (χ2v) is 5.27. The highest BCUT2D eigenvalue weighted by atomic mass is 32.1. The number of hydrogen-bond acceptors (Lipinski definition) is 2. The van der Waals surface area contributed by atoms with Crippen LogP contribution in [0.25, 0.3) is 11.0 Å². The highest BCUT2D eigenvalue weighted by molar-refractivity contribution is 7.71. The number of nitrogens with zero attached hydrogens (tertiary/aromatic N) is 1. The number of aliphatic hydroxyl groups is 1. The van der Waals surface area contributed by atoms with Crippen molar-refractivity contribution >= 4 is 23.3 Å². The zero-order valence-electron chi connectivity index (χ0n) is 9.90. The SMILES string of the molecule is OC1CCCCC1n1c(=S)[nH]c2ccc(F)cc21. The topological polar surface area (TPSA) is 41.0 Å². The van der Waals surface area contributed by atoms with Gasteiger partial charge in [0.2, 0.25) is 0 Å². The van der Waals surface area contributed by atoms with Crippen LogP contribution in [0, 0.1) is 10.6 Å². The molecule has 0 radical (unpaired) electrons. The number of aromatic nitrogens is 2. The molecule has 18 heavy (non-hydrogen) atoms. The van der Waals surface area contributed by atoms with E-state index in [0.717, 1.165) is 36.7 Å². The third-order valence-electron chi connectivity index (χ3n) is 3.71. The quantitative estimate of drug-likeness (QED) is 0.777. The molecule has 1 aliphatic carbocycles. The van der Waals surface area contributed by atoms with E-state index in [9.17, 15) is 9.50 Å². The predicted molar refractivity (Wildman–Crippen MR) is 70.6 cm³/mol. The maximum Gasteiger partial charge on any atom is 0.178 e. The molecule has 0 saturated heterocycles. The molecule has 1 aromatic carbocycles. The minimum Gasteiger partial charge on any atom is -0.391 e. The molecular weight excluding hydrogens is 251 g/mol. The number of hydrogen-bond donors (Lipinski definition) is 2. The fourth-order valence-corrected chi connectivity index (χ4v) is 3.16. The Morgan fingerprint density at radius 2 is 2.11 bits per heavy atom. The van der Waals surface area contributed by atoms with Crippen molar-refractivity contribution < 1.29 is 9.50 Å². The van der Waals surface area contributed by atoms with E-state index < -0.39 is 6.10 Å². The Morgan fingerprint density at radius 3 is 2.89 bits per heavy atom. The number of H-pyrrole nitrogens is 1. The average molecular weight is 266 g/mol. The Labute approximate surface area is 109 Å². The molecular formula is C13H15FN2OS. The van der Waals surface area contributed by atoms with Gasteiger partial charge in [0.05, 0.1) is 23.2 Å². The highest BCUT2D eigenvalue weighted by Crippen LogP contribution is 2.32. The molecule has 96 valence electrons. The normalized spacial score (nSPS) is 24.6. The summed E-state index contributed by atoms with van der Waals surface area (Å²) in [6.07, 6.45) is 3.40. The molecule has 2 N–H and O–H groups in total. The molecule has 1 fully saturated rings. The van der Waals surface area contributed by atoms with Crippen molar-refractivity contribution in [3.63, 3.8) is 0 Å². The number of imidazole rings is 1. The van der Waals surface area contributed by atoms with E-state index in [1.807, 2.05) is 4.57 Å². The van der Waals surface area contributed by atoms with Crippen LogP contribution in [0.2, 0.25) is 0 Å². The van der Waals surface area contributed by atoms with Crippen LogP contribution in [0.4, 0.5) is 4.39 Å². The van der Waals surface area contributed by atoms with Crippen LogP contribution in [-0.4, -0.2) is 20.8 Å². The Morgan fingerprint density at radius 1 is 1.33 bits per heavy atom. The summed E-state index contributed by atoms with van der Waals surface area (Å²) in [7, 11) is 0. The molecule has 2 atom stereocenters. The lowest BCUT2D eigenvalue weighted by Crippen LogP contribution is -2.27. The molecule has 1 heterocycles. The Hall–Kier alpha value is -1.20. The van der Waals surface area contributed by atoms with Crippen LogP contribution in [0.1, 0.15) is 31.7 Å². The Kier molecular flexibility index (Phi) is 2.95. The van der Waals surface area contributed by atoms with E-state index in [1.165, 1.54) is 12.1 Å². The first-order valence-corrected chi connectivity index (χ1v) is 6.65. The van der Waals surface area contributed by atoms with Gasteiger partial charge in [0.25, 0.3) is 0 Å². The summed E-state index contributed by atoms with van der Waals surface area (Å²) in [5.41, 5.74) is 1.56. The summed E-state index contributed by atoms with van der Waals surface area (Å²) < 4.78 is 15.8. The van der Waals surface area contributed by atoms with Crippen molar-refractivity contribution in [3.05, 3.63) is 28.8 Å². The number of nitrogens with one attached hydrogen (secondary N) is 1. The molecule has 2 aromatic rings. The van der Waals surface area contributed by atoms with E-state index in [-0.39, 0.29) is 11.9 Å².